The fourth-order valence-corrected chi connectivity index (χ4v) is 3.46. The lowest BCUT2D eigenvalue weighted by atomic mass is 10.0. The zero-order valence-corrected chi connectivity index (χ0v) is 10.8. The van der Waals surface area contributed by atoms with E-state index in [2.05, 4.69) is 37.4 Å². The Morgan fingerprint density at radius 2 is 2.21 bits per heavy atom. The van der Waals surface area contributed by atoms with Gasteiger partial charge in [-0.2, -0.15) is 0 Å². The van der Waals surface area contributed by atoms with Crippen LogP contribution in [0, 0.1) is 0 Å². The summed E-state index contributed by atoms with van der Waals surface area (Å²) in [6, 6.07) is 0.813. The monoisotopic (exact) mass is 215 g/mol. The Hall–Kier alpha value is 0.310. The van der Waals surface area contributed by atoms with Crippen LogP contribution in [0.4, 0.5) is 0 Å². The second-order valence-corrected chi connectivity index (χ2v) is 5.83. The summed E-state index contributed by atoms with van der Waals surface area (Å²) in [5.41, 5.74) is 0. The van der Waals surface area contributed by atoms with Crippen molar-refractivity contribution in [1.29, 1.82) is 0 Å². The van der Waals surface area contributed by atoms with Crippen LogP contribution in [-0.2, 0) is 0 Å². The van der Waals surface area contributed by atoms with Crippen molar-refractivity contribution in [3.63, 3.8) is 0 Å². The van der Waals surface area contributed by atoms with E-state index >= 15 is 0 Å². The van der Waals surface area contributed by atoms with Crippen LogP contribution in [0.15, 0.2) is 0 Å². The quantitative estimate of drug-likeness (QED) is 0.643. The maximum atomic E-state index is 2.68. The van der Waals surface area contributed by atoms with Gasteiger partial charge in [-0.25, -0.2) is 0 Å². The lowest BCUT2D eigenvalue weighted by Crippen LogP contribution is -2.42. The summed E-state index contributed by atoms with van der Waals surface area (Å²) in [5.74, 6) is 1.33. The maximum Gasteiger partial charge on any atom is 0.0531 e. The average molecular weight is 215 g/mol. The molecule has 0 saturated carbocycles. The Balaban J connectivity index is 2.23. The molecule has 0 spiro atoms. The number of unbranched alkanes of at least 4 members (excludes halogenated alkanes) is 1. The van der Waals surface area contributed by atoms with E-state index in [9.17, 15) is 0 Å². The van der Waals surface area contributed by atoms with Gasteiger partial charge in [-0.05, 0) is 45.4 Å². The van der Waals surface area contributed by atoms with Crippen LogP contribution in [0.1, 0.15) is 52.9 Å². The standard InChI is InChI=1S/C12H25NS/c1-4-5-10-14-12(3)13-9-7-6-8-11(13)2/h11-12H,4-10H2,1-3H3. The van der Waals surface area contributed by atoms with Crippen molar-refractivity contribution in [1.82, 2.24) is 4.90 Å². The minimum Gasteiger partial charge on any atom is -0.289 e. The summed E-state index contributed by atoms with van der Waals surface area (Å²) in [7, 11) is 0. The normalized spacial score (nSPS) is 26.4. The zero-order chi connectivity index (χ0) is 10.4. The Morgan fingerprint density at radius 3 is 2.86 bits per heavy atom. The largest absolute Gasteiger partial charge is 0.289 e. The molecule has 14 heavy (non-hydrogen) atoms. The molecule has 0 aromatic heterocycles. The lowest BCUT2D eigenvalue weighted by Gasteiger charge is -2.37. The number of hydrogen-bond acceptors (Lipinski definition) is 2. The van der Waals surface area contributed by atoms with Gasteiger partial charge in [0, 0.05) is 6.04 Å². The molecule has 1 fully saturated rings. The highest BCUT2D eigenvalue weighted by Gasteiger charge is 2.22. The molecule has 0 amide bonds. The molecule has 1 aliphatic rings. The summed E-state index contributed by atoms with van der Waals surface area (Å²) in [4.78, 5) is 2.68. The van der Waals surface area contributed by atoms with Gasteiger partial charge >= 0.3 is 0 Å². The number of likely N-dealkylation sites (tertiary alicyclic amines) is 1. The van der Waals surface area contributed by atoms with Crippen LogP contribution in [0.25, 0.3) is 0 Å². The highest BCUT2D eigenvalue weighted by molar-refractivity contribution is 7.99. The van der Waals surface area contributed by atoms with Gasteiger partial charge < -0.3 is 0 Å². The number of thioether (sulfide) groups is 1. The van der Waals surface area contributed by atoms with Crippen molar-refractivity contribution < 1.29 is 0 Å². The molecule has 2 atom stereocenters. The van der Waals surface area contributed by atoms with Gasteiger partial charge in [0.2, 0.25) is 0 Å². The van der Waals surface area contributed by atoms with Gasteiger partial charge in [0.15, 0.2) is 0 Å². The summed E-state index contributed by atoms with van der Waals surface area (Å²) >= 11 is 2.14. The number of nitrogens with zero attached hydrogens (tertiary/aromatic N) is 1. The van der Waals surface area contributed by atoms with Crippen LogP contribution in [0.2, 0.25) is 0 Å². The molecule has 0 bridgehead atoms. The van der Waals surface area contributed by atoms with Crippen LogP contribution < -0.4 is 0 Å². The molecule has 0 aromatic carbocycles. The van der Waals surface area contributed by atoms with Crippen LogP contribution >= 0.6 is 11.8 Å². The molecule has 2 unspecified atom stereocenters. The third-order valence-corrected chi connectivity index (χ3v) is 4.46. The highest BCUT2D eigenvalue weighted by atomic mass is 32.2. The van der Waals surface area contributed by atoms with Crippen molar-refractivity contribution in [2.75, 3.05) is 12.3 Å². The van der Waals surface area contributed by atoms with E-state index in [1.54, 1.807) is 0 Å². The van der Waals surface area contributed by atoms with E-state index in [0.29, 0.717) is 0 Å². The topological polar surface area (TPSA) is 3.24 Å². The summed E-state index contributed by atoms with van der Waals surface area (Å²) < 4.78 is 0. The Morgan fingerprint density at radius 1 is 1.43 bits per heavy atom. The van der Waals surface area contributed by atoms with Gasteiger partial charge in [0.05, 0.1) is 5.37 Å². The molecule has 1 rings (SSSR count). The first-order valence-electron chi connectivity index (χ1n) is 6.13. The van der Waals surface area contributed by atoms with Crippen molar-refractivity contribution >= 4 is 11.8 Å². The summed E-state index contributed by atoms with van der Waals surface area (Å²) in [6.07, 6.45) is 6.94. The van der Waals surface area contributed by atoms with Gasteiger partial charge in [-0.15, -0.1) is 11.8 Å². The third kappa shape index (κ3) is 3.82. The minimum atomic E-state index is 0.733. The van der Waals surface area contributed by atoms with E-state index < -0.39 is 0 Å². The van der Waals surface area contributed by atoms with Crippen molar-refractivity contribution in [3.05, 3.63) is 0 Å². The predicted octanol–water partition coefficient (Wildman–Crippen LogP) is 3.74. The molecule has 84 valence electrons. The smallest absolute Gasteiger partial charge is 0.0531 e. The second-order valence-electron chi connectivity index (χ2n) is 4.41. The minimum absolute atomic E-state index is 0.733. The van der Waals surface area contributed by atoms with Crippen LogP contribution in [-0.4, -0.2) is 28.6 Å². The Bertz CT molecular complexity index is 149. The summed E-state index contributed by atoms with van der Waals surface area (Å²) in [5, 5.41) is 0.733. The molecule has 1 aliphatic heterocycles. The molecule has 0 N–H and O–H groups in total. The highest BCUT2D eigenvalue weighted by Crippen LogP contribution is 2.25. The fraction of sp³-hybridized carbons (Fsp3) is 1.00. The average Bonchev–Trinajstić information content (AvgIpc) is 2.18. The van der Waals surface area contributed by atoms with Crippen LogP contribution in [0.5, 0.6) is 0 Å². The molecule has 0 aliphatic carbocycles. The van der Waals surface area contributed by atoms with Gasteiger partial charge in [0.25, 0.3) is 0 Å². The SMILES string of the molecule is CCCCSC(C)N1CCCCC1C. The molecular formula is C12H25NS. The Kier molecular flexibility index (Phi) is 5.95. The first-order chi connectivity index (χ1) is 6.75. The number of rotatable bonds is 5. The maximum absolute atomic E-state index is 2.68. The van der Waals surface area contributed by atoms with E-state index in [0.717, 1.165) is 11.4 Å². The first kappa shape index (κ1) is 12.4. The molecule has 0 radical (unpaired) electrons. The zero-order valence-electron chi connectivity index (χ0n) is 9.96. The van der Waals surface area contributed by atoms with E-state index in [1.807, 2.05) is 0 Å². The van der Waals surface area contributed by atoms with Gasteiger partial charge in [-0.3, -0.25) is 4.90 Å². The van der Waals surface area contributed by atoms with Crippen LogP contribution in [0.3, 0.4) is 0 Å². The Labute approximate surface area is 93.6 Å². The van der Waals surface area contributed by atoms with Crippen molar-refractivity contribution in [2.24, 2.45) is 0 Å². The fourth-order valence-electron chi connectivity index (χ4n) is 2.15. The van der Waals surface area contributed by atoms with Gasteiger partial charge in [-0.1, -0.05) is 19.8 Å². The molecule has 1 nitrogen and oxygen atoms in total. The van der Waals surface area contributed by atoms with Gasteiger partial charge in [0.1, 0.15) is 0 Å². The first-order valence-corrected chi connectivity index (χ1v) is 7.18. The molecule has 1 heterocycles. The number of hydrogen-bond donors (Lipinski definition) is 0. The number of piperidine rings is 1. The van der Waals surface area contributed by atoms with Crippen molar-refractivity contribution in [3.8, 4) is 0 Å². The van der Waals surface area contributed by atoms with E-state index in [-0.39, 0.29) is 0 Å². The molecule has 1 saturated heterocycles. The summed E-state index contributed by atoms with van der Waals surface area (Å²) in [6.45, 7) is 8.36. The lowest BCUT2D eigenvalue weighted by molar-refractivity contribution is 0.154. The predicted molar refractivity (Wildman–Crippen MR) is 66.8 cm³/mol. The van der Waals surface area contributed by atoms with Crippen molar-refractivity contribution in [2.45, 2.75) is 64.3 Å². The second kappa shape index (κ2) is 6.73. The molecule has 0 aromatic rings. The molecular weight excluding hydrogens is 190 g/mol. The van der Waals surface area contributed by atoms with E-state index in [4.69, 9.17) is 0 Å². The third-order valence-electron chi connectivity index (χ3n) is 3.18. The molecule has 2 heteroatoms. The van der Waals surface area contributed by atoms with E-state index in [1.165, 1.54) is 44.4 Å².